The van der Waals surface area contributed by atoms with Crippen LogP contribution in [0.5, 0.6) is 5.75 Å². The first-order chi connectivity index (χ1) is 9.55. The highest BCUT2D eigenvalue weighted by molar-refractivity contribution is 5.90. The van der Waals surface area contributed by atoms with Gasteiger partial charge in [0.2, 0.25) is 0 Å². The van der Waals surface area contributed by atoms with E-state index in [9.17, 15) is 9.18 Å². The van der Waals surface area contributed by atoms with E-state index in [2.05, 4.69) is 0 Å². The van der Waals surface area contributed by atoms with E-state index >= 15 is 0 Å². The zero-order valence-corrected chi connectivity index (χ0v) is 10.6. The predicted octanol–water partition coefficient (Wildman–Crippen LogP) is 3.07. The summed E-state index contributed by atoms with van der Waals surface area (Å²) in [7, 11) is 1.45. The highest BCUT2D eigenvalue weighted by Crippen LogP contribution is 2.32. The van der Waals surface area contributed by atoms with E-state index in [1.807, 2.05) is 6.07 Å². The maximum atomic E-state index is 13.5. The van der Waals surface area contributed by atoms with Gasteiger partial charge in [0.15, 0.2) is 0 Å². The summed E-state index contributed by atoms with van der Waals surface area (Å²) in [6.07, 6.45) is 0. The fraction of sp³-hybridized carbons (Fsp3) is 0.0667. The van der Waals surface area contributed by atoms with Crippen LogP contribution in [0.4, 0.5) is 4.39 Å². The average molecular weight is 271 g/mol. The molecular formula is C15H10FNO3. The Kier molecular flexibility index (Phi) is 3.67. The van der Waals surface area contributed by atoms with Crippen LogP contribution < -0.4 is 4.74 Å². The molecule has 0 heterocycles. The molecule has 0 aliphatic rings. The molecule has 4 nitrogen and oxygen atoms in total. The Morgan fingerprint density at radius 2 is 2.05 bits per heavy atom. The Morgan fingerprint density at radius 1 is 1.30 bits per heavy atom. The molecule has 0 unspecified atom stereocenters. The molecule has 2 rings (SSSR count). The van der Waals surface area contributed by atoms with E-state index in [4.69, 9.17) is 15.1 Å². The third-order valence-corrected chi connectivity index (χ3v) is 2.78. The first kappa shape index (κ1) is 13.6. The largest absolute Gasteiger partial charge is 0.496 e. The summed E-state index contributed by atoms with van der Waals surface area (Å²) >= 11 is 0. The molecule has 0 spiro atoms. The molecule has 2 aromatic rings. The van der Waals surface area contributed by atoms with Crippen molar-refractivity contribution in [3.8, 4) is 22.9 Å². The normalized spacial score (nSPS) is 9.85. The molecule has 1 N–H and O–H groups in total. The first-order valence-electron chi connectivity index (χ1n) is 5.67. The van der Waals surface area contributed by atoms with Crippen LogP contribution in [0.2, 0.25) is 0 Å². The van der Waals surface area contributed by atoms with Crippen LogP contribution in [-0.2, 0) is 0 Å². The van der Waals surface area contributed by atoms with E-state index in [1.165, 1.54) is 25.3 Å². The highest BCUT2D eigenvalue weighted by Gasteiger charge is 2.12. The molecule has 0 radical (unpaired) electrons. The molecule has 0 amide bonds. The van der Waals surface area contributed by atoms with Crippen molar-refractivity contribution in [1.29, 1.82) is 5.26 Å². The van der Waals surface area contributed by atoms with Gasteiger partial charge in [0.1, 0.15) is 11.6 Å². The van der Waals surface area contributed by atoms with Crippen LogP contribution >= 0.6 is 0 Å². The van der Waals surface area contributed by atoms with Gasteiger partial charge in [0.05, 0.1) is 24.3 Å². The van der Waals surface area contributed by atoms with Gasteiger partial charge in [-0.15, -0.1) is 0 Å². The third kappa shape index (κ3) is 2.59. The number of methoxy groups -OCH3 is 1. The molecule has 0 saturated carbocycles. The van der Waals surface area contributed by atoms with Crippen molar-refractivity contribution in [2.24, 2.45) is 0 Å². The lowest BCUT2D eigenvalue weighted by atomic mass is 10.00. The monoisotopic (exact) mass is 271 g/mol. The van der Waals surface area contributed by atoms with Gasteiger partial charge in [-0.25, -0.2) is 9.18 Å². The number of hydrogen-bond donors (Lipinski definition) is 1. The number of carboxylic acids is 1. The van der Waals surface area contributed by atoms with Gasteiger partial charge in [0.25, 0.3) is 0 Å². The summed E-state index contributed by atoms with van der Waals surface area (Å²) in [4.78, 5) is 11.0. The molecular weight excluding hydrogens is 261 g/mol. The molecule has 100 valence electrons. The van der Waals surface area contributed by atoms with E-state index in [0.29, 0.717) is 22.4 Å². The van der Waals surface area contributed by atoms with E-state index in [1.54, 1.807) is 12.1 Å². The fourth-order valence-electron chi connectivity index (χ4n) is 1.87. The van der Waals surface area contributed by atoms with Crippen LogP contribution in [0.25, 0.3) is 11.1 Å². The van der Waals surface area contributed by atoms with Crippen molar-refractivity contribution < 1.29 is 19.0 Å². The van der Waals surface area contributed by atoms with Gasteiger partial charge in [-0.1, -0.05) is 0 Å². The Labute approximate surface area is 114 Å². The summed E-state index contributed by atoms with van der Waals surface area (Å²) in [5.74, 6) is -1.45. The van der Waals surface area contributed by atoms with Crippen molar-refractivity contribution in [2.45, 2.75) is 0 Å². The van der Waals surface area contributed by atoms with Crippen molar-refractivity contribution in [1.82, 2.24) is 0 Å². The van der Waals surface area contributed by atoms with Gasteiger partial charge in [0, 0.05) is 5.56 Å². The lowest BCUT2D eigenvalue weighted by molar-refractivity contribution is 0.0696. The maximum absolute atomic E-state index is 13.5. The Bertz CT molecular complexity index is 720. The molecule has 5 heteroatoms. The van der Waals surface area contributed by atoms with E-state index in [-0.39, 0.29) is 5.56 Å². The molecule has 0 fully saturated rings. The number of carboxylic acid groups (broad SMARTS) is 1. The van der Waals surface area contributed by atoms with E-state index in [0.717, 1.165) is 6.07 Å². The van der Waals surface area contributed by atoms with Crippen LogP contribution in [0.1, 0.15) is 15.9 Å². The number of nitriles is 1. The zero-order chi connectivity index (χ0) is 14.7. The molecule has 20 heavy (non-hydrogen) atoms. The van der Waals surface area contributed by atoms with Gasteiger partial charge in [-0.3, -0.25) is 0 Å². The molecule has 2 aromatic carbocycles. The first-order valence-corrected chi connectivity index (χ1v) is 5.67. The summed E-state index contributed by atoms with van der Waals surface area (Å²) in [6.45, 7) is 0. The molecule has 0 aliphatic carbocycles. The summed E-state index contributed by atoms with van der Waals surface area (Å²) < 4.78 is 18.7. The minimum Gasteiger partial charge on any atom is -0.496 e. The third-order valence-electron chi connectivity index (χ3n) is 2.78. The maximum Gasteiger partial charge on any atom is 0.335 e. The fourth-order valence-corrected chi connectivity index (χ4v) is 1.87. The number of halogens is 1. The lowest BCUT2D eigenvalue weighted by Gasteiger charge is -2.10. The van der Waals surface area contributed by atoms with Crippen molar-refractivity contribution >= 4 is 5.97 Å². The lowest BCUT2D eigenvalue weighted by Crippen LogP contribution is -1.98. The number of rotatable bonds is 3. The minimum absolute atomic E-state index is 0.163. The smallest absolute Gasteiger partial charge is 0.335 e. The van der Waals surface area contributed by atoms with Crippen molar-refractivity contribution in [2.75, 3.05) is 7.11 Å². The number of ether oxygens (including phenoxy) is 1. The summed E-state index contributed by atoms with van der Waals surface area (Å²) in [5.41, 5.74) is 1.02. The second kappa shape index (κ2) is 5.41. The Hall–Kier alpha value is -2.87. The Morgan fingerprint density at radius 3 is 2.65 bits per heavy atom. The molecule has 0 saturated heterocycles. The molecule has 0 aromatic heterocycles. The summed E-state index contributed by atoms with van der Waals surface area (Å²) in [6, 6.07) is 10.1. The number of nitrogens with zero attached hydrogens (tertiary/aromatic N) is 1. The topological polar surface area (TPSA) is 70.3 Å². The Balaban J connectivity index is 2.67. The second-order valence-electron chi connectivity index (χ2n) is 4.06. The van der Waals surface area contributed by atoms with Crippen LogP contribution in [0, 0.1) is 17.1 Å². The number of aromatic carboxylic acids is 1. The van der Waals surface area contributed by atoms with Gasteiger partial charge < -0.3 is 9.84 Å². The molecule has 0 atom stereocenters. The minimum atomic E-state index is -1.22. The standard InChI is InChI=1S/C15H10FNO3/c1-20-14-3-2-9(8-17)4-13(14)10-5-11(15(18)19)7-12(16)6-10/h2-7H,1H3,(H,18,19). The summed E-state index contributed by atoms with van der Waals surface area (Å²) in [5, 5.41) is 17.9. The SMILES string of the molecule is COc1ccc(C#N)cc1-c1cc(F)cc(C(=O)O)c1. The predicted molar refractivity (Wildman–Crippen MR) is 70.1 cm³/mol. The van der Waals surface area contributed by atoms with E-state index < -0.39 is 11.8 Å². The van der Waals surface area contributed by atoms with Gasteiger partial charge in [-0.2, -0.15) is 5.26 Å². The number of benzene rings is 2. The number of carbonyl (C=O) groups is 1. The quantitative estimate of drug-likeness (QED) is 0.931. The molecule has 0 bridgehead atoms. The van der Waals surface area contributed by atoms with Crippen molar-refractivity contribution in [3.05, 3.63) is 53.3 Å². The second-order valence-corrected chi connectivity index (χ2v) is 4.06. The zero-order valence-electron chi connectivity index (χ0n) is 10.6. The van der Waals surface area contributed by atoms with Crippen LogP contribution in [0.3, 0.4) is 0 Å². The van der Waals surface area contributed by atoms with Gasteiger partial charge >= 0.3 is 5.97 Å². The van der Waals surface area contributed by atoms with Crippen LogP contribution in [0.15, 0.2) is 36.4 Å². The number of hydrogen-bond acceptors (Lipinski definition) is 3. The van der Waals surface area contributed by atoms with Crippen molar-refractivity contribution in [3.63, 3.8) is 0 Å². The van der Waals surface area contributed by atoms with Gasteiger partial charge in [-0.05, 0) is 42.0 Å². The highest BCUT2D eigenvalue weighted by atomic mass is 19.1. The van der Waals surface area contributed by atoms with Crippen LogP contribution in [-0.4, -0.2) is 18.2 Å². The average Bonchev–Trinajstić information content (AvgIpc) is 2.45. The molecule has 0 aliphatic heterocycles.